The van der Waals surface area contributed by atoms with Gasteiger partial charge in [-0.2, -0.15) is 0 Å². The summed E-state index contributed by atoms with van der Waals surface area (Å²) in [7, 11) is 0. The zero-order chi connectivity index (χ0) is 17.0. The van der Waals surface area contributed by atoms with Crippen molar-refractivity contribution in [2.24, 2.45) is 5.92 Å². The number of hydrogen-bond donors (Lipinski definition) is 0. The fourth-order valence-corrected chi connectivity index (χ4v) is 2.60. The van der Waals surface area contributed by atoms with E-state index in [1.165, 1.54) is 0 Å². The lowest BCUT2D eigenvalue weighted by atomic mass is 10.1. The van der Waals surface area contributed by atoms with Crippen LogP contribution in [0.4, 0.5) is 5.69 Å². The molecule has 0 spiro atoms. The van der Waals surface area contributed by atoms with E-state index in [9.17, 15) is 14.4 Å². The first-order chi connectivity index (χ1) is 11.0. The third kappa shape index (κ3) is 3.70. The Morgan fingerprint density at radius 1 is 1.22 bits per heavy atom. The molecule has 1 heterocycles. The van der Waals surface area contributed by atoms with Crippen LogP contribution >= 0.6 is 0 Å². The molecular formula is C17H21NO5. The minimum atomic E-state index is -0.465. The van der Waals surface area contributed by atoms with E-state index in [2.05, 4.69) is 0 Å². The molecule has 0 N–H and O–H groups in total. The van der Waals surface area contributed by atoms with Gasteiger partial charge in [-0.25, -0.2) is 4.79 Å². The molecule has 1 aromatic rings. The van der Waals surface area contributed by atoms with E-state index in [-0.39, 0.29) is 31.4 Å². The largest absolute Gasteiger partial charge is 0.466 e. The molecule has 0 aromatic heterocycles. The van der Waals surface area contributed by atoms with Crippen molar-refractivity contribution in [3.8, 4) is 0 Å². The van der Waals surface area contributed by atoms with Crippen molar-refractivity contribution in [1.82, 2.24) is 0 Å². The van der Waals surface area contributed by atoms with Crippen LogP contribution in [0.25, 0.3) is 0 Å². The van der Waals surface area contributed by atoms with E-state index in [4.69, 9.17) is 9.47 Å². The van der Waals surface area contributed by atoms with Crippen LogP contribution in [-0.2, 0) is 19.1 Å². The third-order valence-corrected chi connectivity index (χ3v) is 3.76. The summed E-state index contributed by atoms with van der Waals surface area (Å²) in [4.78, 5) is 37.5. The molecule has 1 atom stereocenters. The zero-order valence-electron chi connectivity index (χ0n) is 13.6. The van der Waals surface area contributed by atoms with E-state index in [1.54, 1.807) is 36.9 Å². The Morgan fingerprint density at radius 3 is 2.57 bits per heavy atom. The van der Waals surface area contributed by atoms with Crippen LogP contribution in [0.5, 0.6) is 0 Å². The highest BCUT2D eigenvalue weighted by Crippen LogP contribution is 2.29. The van der Waals surface area contributed by atoms with Crippen LogP contribution < -0.4 is 4.90 Å². The number of esters is 2. The summed E-state index contributed by atoms with van der Waals surface area (Å²) in [5.74, 6) is -1.40. The molecule has 0 bridgehead atoms. The molecule has 0 radical (unpaired) electrons. The summed E-state index contributed by atoms with van der Waals surface area (Å²) in [5, 5.41) is 0. The van der Waals surface area contributed by atoms with Crippen molar-refractivity contribution in [1.29, 1.82) is 0 Å². The second kappa shape index (κ2) is 7.26. The molecular weight excluding hydrogens is 298 g/mol. The minimum Gasteiger partial charge on any atom is -0.466 e. The number of benzene rings is 1. The SMILES string of the molecule is CCOC(=O)c1ccc(C)c(N2C[C@@H](C(=O)OCC)CC2=O)c1. The van der Waals surface area contributed by atoms with E-state index in [0.29, 0.717) is 17.9 Å². The van der Waals surface area contributed by atoms with Gasteiger partial charge in [-0.05, 0) is 38.5 Å². The molecule has 0 unspecified atom stereocenters. The summed E-state index contributed by atoms with van der Waals surface area (Å²) >= 11 is 0. The number of nitrogens with zero attached hydrogens (tertiary/aromatic N) is 1. The van der Waals surface area contributed by atoms with Gasteiger partial charge in [0.05, 0.1) is 24.7 Å². The lowest BCUT2D eigenvalue weighted by molar-refractivity contribution is -0.147. The van der Waals surface area contributed by atoms with Crippen LogP contribution in [0.2, 0.25) is 0 Å². The average molecular weight is 319 g/mol. The van der Waals surface area contributed by atoms with Gasteiger partial charge in [0.25, 0.3) is 0 Å². The zero-order valence-corrected chi connectivity index (χ0v) is 13.6. The summed E-state index contributed by atoms with van der Waals surface area (Å²) < 4.78 is 9.98. The molecule has 1 aliphatic rings. The maximum Gasteiger partial charge on any atom is 0.338 e. The normalized spacial score (nSPS) is 17.3. The minimum absolute atomic E-state index is 0.127. The van der Waals surface area contributed by atoms with Gasteiger partial charge < -0.3 is 14.4 Å². The summed E-state index contributed by atoms with van der Waals surface area (Å²) in [5.41, 5.74) is 1.88. The molecule has 6 heteroatoms. The average Bonchev–Trinajstić information content (AvgIpc) is 2.90. The van der Waals surface area contributed by atoms with Crippen molar-refractivity contribution >= 4 is 23.5 Å². The van der Waals surface area contributed by atoms with Crippen molar-refractivity contribution in [2.75, 3.05) is 24.7 Å². The number of aryl methyl sites for hydroxylation is 1. The van der Waals surface area contributed by atoms with E-state index >= 15 is 0 Å². The fourth-order valence-electron chi connectivity index (χ4n) is 2.60. The lowest BCUT2D eigenvalue weighted by Gasteiger charge is -2.19. The Kier molecular flexibility index (Phi) is 5.36. The number of rotatable bonds is 5. The molecule has 1 saturated heterocycles. The Bertz CT molecular complexity index is 625. The number of carbonyl (C=O) groups is 3. The number of amides is 1. The molecule has 0 saturated carbocycles. The molecule has 1 amide bonds. The van der Waals surface area contributed by atoms with Crippen LogP contribution in [-0.4, -0.2) is 37.6 Å². The Hall–Kier alpha value is -2.37. The van der Waals surface area contributed by atoms with Gasteiger partial charge in [0, 0.05) is 18.7 Å². The fraction of sp³-hybridized carbons (Fsp3) is 0.471. The Labute approximate surface area is 135 Å². The van der Waals surface area contributed by atoms with Gasteiger partial charge in [-0.15, -0.1) is 0 Å². The first-order valence-electron chi connectivity index (χ1n) is 7.72. The molecule has 1 aromatic carbocycles. The highest BCUT2D eigenvalue weighted by Gasteiger charge is 2.36. The summed E-state index contributed by atoms with van der Waals surface area (Å²) in [6.07, 6.45) is 0.127. The highest BCUT2D eigenvalue weighted by atomic mass is 16.5. The molecule has 2 rings (SSSR count). The van der Waals surface area contributed by atoms with Crippen LogP contribution in [0, 0.1) is 12.8 Å². The summed E-state index contributed by atoms with van der Waals surface area (Å²) in [6, 6.07) is 5.07. The van der Waals surface area contributed by atoms with Crippen molar-refractivity contribution in [3.63, 3.8) is 0 Å². The van der Waals surface area contributed by atoms with Crippen LogP contribution in [0.3, 0.4) is 0 Å². The molecule has 23 heavy (non-hydrogen) atoms. The quantitative estimate of drug-likeness (QED) is 0.777. The Balaban J connectivity index is 2.24. The molecule has 1 aliphatic heterocycles. The topological polar surface area (TPSA) is 72.9 Å². The number of ether oxygens (including phenoxy) is 2. The lowest BCUT2D eigenvalue weighted by Crippen LogP contribution is -2.27. The maximum absolute atomic E-state index is 12.3. The number of anilines is 1. The van der Waals surface area contributed by atoms with Gasteiger partial charge in [-0.3, -0.25) is 9.59 Å². The van der Waals surface area contributed by atoms with Crippen LogP contribution in [0.15, 0.2) is 18.2 Å². The Morgan fingerprint density at radius 2 is 1.91 bits per heavy atom. The smallest absolute Gasteiger partial charge is 0.338 e. The monoisotopic (exact) mass is 319 g/mol. The molecule has 124 valence electrons. The predicted molar refractivity (Wildman–Crippen MR) is 84.2 cm³/mol. The van der Waals surface area contributed by atoms with Gasteiger partial charge in [0.1, 0.15) is 0 Å². The first-order valence-corrected chi connectivity index (χ1v) is 7.72. The number of carbonyl (C=O) groups excluding carboxylic acids is 3. The molecule has 1 fully saturated rings. The van der Waals surface area contributed by atoms with Crippen molar-refractivity contribution in [2.45, 2.75) is 27.2 Å². The van der Waals surface area contributed by atoms with Crippen LogP contribution in [0.1, 0.15) is 36.2 Å². The maximum atomic E-state index is 12.3. The van der Waals surface area contributed by atoms with Gasteiger partial charge in [0.2, 0.25) is 5.91 Å². The first kappa shape index (κ1) is 17.0. The molecule has 6 nitrogen and oxygen atoms in total. The number of hydrogen-bond acceptors (Lipinski definition) is 5. The third-order valence-electron chi connectivity index (χ3n) is 3.76. The van der Waals surface area contributed by atoms with Gasteiger partial charge in [0.15, 0.2) is 0 Å². The van der Waals surface area contributed by atoms with Gasteiger partial charge in [-0.1, -0.05) is 6.07 Å². The van der Waals surface area contributed by atoms with E-state index in [0.717, 1.165) is 5.56 Å². The van der Waals surface area contributed by atoms with Gasteiger partial charge >= 0.3 is 11.9 Å². The second-order valence-electron chi connectivity index (χ2n) is 5.38. The predicted octanol–water partition coefficient (Wildman–Crippen LogP) is 2.09. The summed E-state index contributed by atoms with van der Waals surface area (Å²) in [6.45, 7) is 6.18. The standard InChI is InChI=1S/C17H21NO5/c1-4-22-16(20)12-7-6-11(3)14(8-12)18-10-13(9-15(18)19)17(21)23-5-2/h6-8,13H,4-5,9-10H2,1-3H3/t13-/m0/s1. The van der Waals surface area contributed by atoms with E-state index < -0.39 is 11.9 Å². The van der Waals surface area contributed by atoms with E-state index in [1.807, 2.05) is 6.92 Å². The highest BCUT2D eigenvalue weighted by molar-refractivity contribution is 6.01. The van der Waals surface area contributed by atoms with Crippen molar-refractivity contribution in [3.05, 3.63) is 29.3 Å². The second-order valence-corrected chi connectivity index (χ2v) is 5.38. The van der Waals surface area contributed by atoms with Crippen molar-refractivity contribution < 1.29 is 23.9 Å². The molecule has 0 aliphatic carbocycles.